The second kappa shape index (κ2) is 17.7. The van der Waals surface area contributed by atoms with Crippen molar-refractivity contribution in [3.63, 3.8) is 0 Å². The Hall–Kier alpha value is -7.60. The fourth-order valence-electron chi connectivity index (χ4n) is 8.27. The highest BCUT2D eigenvalue weighted by Crippen LogP contribution is 2.57. The molecule has 2 fully saturated rings. The molecule has 24 heteroatoms. The lowest BCUT2D eigenvalue weighted by molar-refractivity contribution is -0.149. The van der Waals surface area contributed by atoms with Crippen molar-refractivity contribution in [3.05, 3.63) is 154 Å². The summed E-state index contributed by atoms with van der Waals surface area (Å²) in [6.45, 7) is 0. The third-order valence-electron chi connectivity index (χ3n) is 11.9. The Balaban J connectivity index is 0.000000174. The smallest absolute Gasteiger partial charge is 0.392 e. The highest BCUT2D eigenvalue weighted by molar-refractivity contribution is 7.93. The van der Waals surface area contributed by atoms with Crippen LogP contribution in [0.15, 0.2) is 150 Å². The number of aromatic nitrogens is 4. The fourth-order valence-corrected chi connectivity index (χ4v) is 10.3. The fraction of sp³-hybridized carbons (Fsp3) is 0.217. The van der Waals surface area contributed by atoms with Gasteiger partial charge in [0, 0.05) is 35.0 Å². The molecule has 10 rings (SSSR count). The average Bonchev–Trinajstić information content (AvgIpc) is 4.21. The number of hydrogen-bond acceptors (Lipinski definition) is 12. The normalized spacial score (nSPS) is 17.9. The number of hydrogen-bond donors (Lipinski definition) is 2. The Kier molecular flexibility index (Phi) is 12.0. The molecule has 70 heavy (non-hydrogen) atoms. The minimum atomic E-state index is -4.26. The number of halogens is 6. The van der Waals surface area contributed by atoms with Gasteiger partial charge in [-0.3, -0.25) is 28.2 Å². The van der Waals surface area contributed by atoms with Crippen molar-refractivity contribution in [2.75, 3.05) is 23.7 Å². The van der Waals surface area contributed by atoms with Crippen LogP contribution >= 0.6 is 0 Å². The molecule has 0 bridgehead atoms. The molecule has 0 spiro atoms. The number of alkyl halides is 6. The van der Waals surface area contributed by atoms with E-state index in [9.17, 15) is 52.8 Å². The molecule has 4 aromatic carbocycles. The molecule has 0 aliphatic heterocycles. The van der Waals surface area contributed by atoms with E-state index in [2.05, 4.69) is 28.8 Å². The monoisotopic (exact) mass is 1010 g/mol. The Morgan fingerprint density at radius 2 is 0.957 bits per heavy atom. The van der Waals surface area contributed by atoms with E-state index in [4.69, 9.17) is 9.47 Å². The first kappa shape index (κ1) is 47.5. The Morgan fingerprint density at radius 1 is 0.557 bits per heavy atom. The molecule has 4 atom stereocenters. The first-order chi connectivity index (χ1) is 33.2. The predicted octanol–water partition coefficient (Wildman–Crippen LogP) is 8.91. The molecule has 2 N–H and O–H groups in total. The third-order valence-corrected chi connectivity index (χ3v) is 14.6. The second-order valence-electron chi connectivity index (χ2n) is 16.3. The van der Waals surface area contributed by atoms with Gasteiger partial charge in [-0.05, 0) is 109 Å². The van der Waals surface area contributed by atoms with Gasteiger partial charge in [0.25, 0.3) is 31.2 Å². The van der Waals surface area contributed by atoms with E-state index < -0.39 is 67.2 Å². The minimum Gasteiger partial charge on any atom is -0.495 e. The SMILES string of the molecule is COc1cc([C@@H]2C[C@H]2C(F)(F)F)ccc1-n1c(=O)ccc2cc(S(=O)(=O)Nc3ccon3)ccc21.COc1cc([C@H]2C[C@@H]2C(F)(F)F)ccc1-n1c(=O)ccc2cc(S(=O)(=O)Nc3ccon3)ccc21. The van der Waals surface area contributed by atoms with Crippen LogP contribution in [0.3, 0.4) is 0 Å². The van der Waals surface area contributed by atoms with Gasteiger partial charge >= 0.3 is 12.4 Å². The predicted molar refractivity (Wildman–Crippen MR) is 241 cm³/mol. The number of benzene rings is 4. The van der Waals surface area contributed by atoms with Crippen LogP contribution in [0.4, 0.5) is 38.0 Å². The molecular weight excluding hydrogens is 975 g/mol. The van der Waals surface area contributed by atoms with Crippen molar-refractivity contribution in [1.29, 1.82) is 0 Å². The quantitative estimate of drug-likeness (QED) is 0.110. The van der Waals surface area contributed by atoms with Gasteiger partial charge in [-0.1, -0.05) is 22.4 Å². The van der Waals surface area contributed by atoms with Gasteiger partial charge in [0.05, 0.1) is 58.3 Å². The van der Waals surface area contributed by atoms with Crippen molar-refractivity contribution in [2.45, 2.75) is 46.8 Å². The maximum atomic E-state index is 13.0. The first-order valence-electron chi connectivity index (χ1n) is 20.8. The molecule has 4 heterocycles. The maximum absolute atomic E-state index is 13.0. The summed E-state index contributed by atoms with van der Waals surface area (Å²) in [6.07, 6.45) is -6.04. The number of methoxy groups -OCH3 is 2. The number of nitrogens with one attached hydrogen (secondary N) is 2. The summed E-state index contributed by atoms with van der Waals surface area (Å²) in [5, 5.41) is 7.94. The first-order valence-corrected chi connectivity index (χ1v) is 23.8. The van der Waals surface area contributed by atoms with Crippen LogP contribution in [0.5, 0.6) is 11.5 Å². The van der Waals surface area contributed by atoms with Crippen LogP contribution in [0, 0.1) is 11.8 Å². The summed E-state index contributed by atoms with van der Waals surface area (Å²) in [5.41, 5.74) is 1.56. The summed E-state index contributed by atoms with van der Waals surface area (Å²) in [5.74, 6) is -3.57. The molecular formula is C46H36F6N6O10S2. The number of rotatable bonds is 12. The molecule has 8 aromatic rings. The van der Waals surface area contributed by atoms with Gasteiger partial charge in [0.15, 0.2) is 11.6 Å². The number of anilines is 2. The van der Waals surface area contributed by atoms with Crippen molar-refractivity contribution in [1.82, 2.24) is 19.4 Å². The molecule has 2 saturated carbocycles. The van der Waals surface area contributed by atoms with Gasteiger partial charge in [-0.25, -0.2) is 16.8 Å². The van der Waals surface area contributed by atoms with Crippen LogP contribution < -0.4 is 30.0 Å². The Labute approximate surface area is 392 Å². The summed E-state index contributed by atoms with van der Waals surface area (Å²) in [4.78, 5) is 25.5. The molecule has 0 amide bonds. The molecule has 0 unspecified atom stereocenters. The molecule has 0 saturated heterocycles. The van der Waals surface area contributed by atoms with Crippen molar-refractivity contribution < 1.29 is 61.7 Å². The highest BCUT2D eigenvalue weighted by Gasteiger charge is 2.57. The third kappa shape index (κ3) is 9.42. The molecule has 2 aliphatic rings. The number of nitrogens with zero attached hydrogens (tertiary/aromatic N) is 4. The van der Waals surface area contributed by atoms with Crippen molar-refractivity contribution >= 4 is 53.5 Å². The lowest BCUT2D eigenvalue weighted by atomic mass is 10.1. The Bertz CT molecular complexity index is 3400. The molecule has 0 radical (unpaired) electrons. The van der Waals surface area contributed by atoms with Crippen LogP contribution in [-0.2, 0) is 20.0 Å². The zero-order valence-corrected chi connectivity index (χ0v) is 37.9. The molecule has 4 aromatic heterocycles. The van der Waals surface area contributed by atoms with Crippen molar-refractivity contribution in [2.24, 2.45) is 11.8 Å². The van der Waals surface area contributed by atoms with Crippen molar-refractivity contribution in [3.8, 4) is 22.9 Å². The topological polar surface area (TPSA) is 207 Å². The van der Waals surface area contributed by atoms with Gasteiger partial charge < -0.3 is 18.5 Å². The number of ether oxygens (including phenoxy) is 2. The van der Waals surface area contributed by atoms with E-state index >= 15 is 0 Å². The number of pyridine rings is 2. The summed E-state index contributed by atoms with van der Waals surface area (Å²) >= 11 is 0. The van der Waals surface area contributed by atoms with Gasteiger partial charge in [-0.15, -0.1) is 0 Å². The van der Waals surface area contributed by atoms with E-state index in [-0.39, 0.29) is 45.8 Å². The van der Waals surface area contributed by atoms with Crippen LogP contribution in [0.2, 0.25) is 0 Å². The van der Waals surface area contributed by atoms with Crippen LogP contribution in [0.25, 0.3) is 33.2 Å². The van der Waals surface area contributed by atoms with E-state index in [1.807, 2.05) is 0 Å². The van der Waals surface area contributed by atoms with Crippen LogP contribution in [0.1, 0.15) is 35.8 Å². The Morgan fingerprint density at radius 3 is 1.29 bits per heavy atom. The second-order valence-corrected chi connectivity index (χ2v) is 19.6. The van der Waals surface area contributed by atoms with E-state index in [1.165, 1.54) is 133 Å². The highest BCUT2D eigenvalue weighted by atomic mass is 32.2. The van der Waals surface area contributed by atoms with Gasteiger partial charge in [-0.2, -0.15) is 26.3 Å². The minimum absolute atomic E-state index is 0.0137. The number of fused-ring (bicyclic) bond motifs is 2. The lowest BCUT2D eigenvalue weighted by Gasteiger charge is -2.16. The molecule has 16 nitrogen and oxygen atoms in total. The van der Waals surface area contributed by atoms with E-state index in [0.29, 0.717) is 44.3 Å². The summed E-state index contributed by atoms with van der Waals surface area (Å²) < 4.78 is 156. The molecule has 364 valence electrons. The van der Waals surface area contributed by atoms with Gasteiger partial charge in [0.2, 0.25) is 0 Å². The maximum Gasteiger partial charge on any atom is 0.392 e. The standard InChI is InChI=1S/2C23H18F3N3O5S/c2*1-33-20-11-13(16-12-17(16)23(24,25)26)2-5-19(20)29-18-6-4-15(10-14(18)3-7-22(29)30)35(31,32)28-21-8-9-34-27-21/h2*2-11,16-17H,12H2,1H3,(H,27,28)/t2*16-,17+/m10/s1. The largest absolute Gasteiger partial charge is 0.495 e. The van der Waals surface area contributed by atoms with Crippen LogP contribution in [-0.4, -0.2) is 62.9 Å². The zero-order chi connectivity index (χ0) is 49.9. The summed E-state index contributed by atoms with van der Waals surface area (Å²) in [7, 11) is -5.22. The molecule has 2 aliphatic carbocycles. The van der Waals surface area contributed by atoms with E-state index in [1.54, 1.807) is 12.1 Å². The lowest BCUT2D eigenvalue weighted by Crippen LogP contribution is -2.19. The van der Waals surface area contributed by atoms with Gasteiger partial charge in [0.1, 0.15) is 24.0 Å². The summed E-state index contributed by atoms with van der Waals surface area (Å²) in [6, 6.07) is 25.9. The van der Waals surface area contributed by atoms with E-state index in [0.717, 1.165) is 0 Å². The number of sulfonamides is 2. The average molecular weight is 1010 g/mol. The zero-order valence-electron chi connectivity index (χ0n) is 36.2.